The van der Waals surface area contributed by atoms with Crippen molar-refractivity contribution in [2.45, 2.75) is 19.3 Å². The van der Waals surface area contributed by atoms with Crippen LogP contribution in [0.3, 0.4) is 0 Å². The number of nitriles is 1. The van der Waals surface area contributed by atoms with Crippen LogP contribution in [-0.4, -0.2) is 16.6 Å². The first-order valence-corrected chi connectivity index (χ1v) is 9.06. The second-order valence-electron chi connectivity index (χ2n) is 6.92. The summed E-state index contributed by atoms with van der Waals surface area (Å²) in [5.74, 6) is -3.02. The van der Waals surface area contributed by atoms with Crippen LogP contribution in [0, 0.1) is 36.5 Å². The van der Waals surface area contributed by atoms with E-state index in [1.807, 2.05) is 0 Å². The molecule has 0 amide bonds. The lowest BCUT2D eigenvalue weighted by atomic mass is 9.83. The first-order chi connectivity index (χ1) is 14.8. The van der Waals surface area contributed by atoms with Crippen molar-refractivity contribution < 1.29 is 17.6 Å². The number of hydrogen-bond donors (Lipinski definition) is 2. The monoisotopic (exact) mass is 423 g/mol. The average Bonchev–Trinajstić information content (AvgIpc) is 3.12. The molecule has 1 atom stereocenters. The van der Waals surface area contributed by atoms with Gasteiger partial charge >= 0.3 is 0 Å². The molecule has 1 aliphatic heterocycles. The van der Waals surface area contributed by atoms with Crippen molar-refractivity contribution in [3.63, 3.8) is 0 Å². The average molecular weight is 423 g/mol. The van der Waals surface area contributed by atoms with Crippen LogP contribution in [0.2, 0.25) is 0 Å². The Morgan fingerprint density at radius 3 is 2.61 bits per heavy atom. The zero-order valence-electron chi connectivity index (χ0n) is 16.0. The van der Waals surface area contributed by atoms with Crippen molar-refractivity contribution in [3.8, 4) is 6.07 Å². The predicted molar refractivity (Wildman–Crippen MR) is 105 cm³/mol. The van der Waals surface area contributed by atoms with Crippen molar-refractivity contribution in [1.82, 2.24) is 15.5 Å². The van der Waals surface area contributed by atoms with Gasteiger partial charge in [-0.25, -0.2) is 22.4 Å². The van der Waals surface area contributed by atoms with E-state index in [1.165, 1.54) is 0 Å². The summed E-state index contributed by atoms with van der Waals surface area (Å²) in [6.07, 6.45) is -3.08. The number of aromatic nitrogens is 2. The lowest BCUT2D eigenvalue weighted by Crippen LogP contribution is -2.29. The van der Waals surface area contributed by atoms with Crippen LogP contribution in [0.15, 0.2) is 53.4 Å². The maximum absolute atomic E-state index is 14.5. The molecule has 0 bridgehead atoms. The molecular weight excluding hydrogens is 410 g/mol. The standard InChI is InChI=1S/C22H13F4N5/c1-10-14-7-11(3-6-17(14)31-30-10)18-15(9-27)20(22(25)26)29-19(21(18)28-2)13-5-4-12(23)8-16(13)24/h3-8,18,22,29H,1H3,(H,30,31). The summed E-state index contributed by atoms with van der Waals surface area (Å²) in [4.78, 5) is 3.46. The molecule has 1 unspecified atom stereocenters. The molecule has 2 heterocycles. The van der Waals surface area contributed by atoms with Gasteiger partial charge in [0.05, 0.1) is 41.0 Å². The van der Waals surface area contributed by atoms with E-state index in [2.05, 4.69) is 20.4 Å². The molecule has 0 saturated carbocycles. The van der Waals surface area contributed by atoms with Crippen molar-refractivity contribution in [1.29, 1.82) is 5.26 Å². The number of aromatic amines is 1. The lowest BCUT2D eigenvalue weighted by Gasteiger charge is -2.29. The molecule has 0 radical (unpaired) electrons. The summed E-state index contributed by atoms with van der Waals surface area (Å²) < 4.78 is 55.6. The largest absolute Gasteiger partial charge is 0.362 e. The summed E-state index contributed by atoms with van der Waals surface area (Å²) in [5.41, 5.74) is 0.0795. The predicted octanol–water partition coefficient (Wildman–Crippen LogP) is 5.17. The molecule has 5 nitrogen and oxygen atoms in total. The number of hydrogen-bond acceptors (Lipinski definition) is 3. The minimum atomic E-state index is -3.08. The molecule has 0 aliphatic carbocycles. The molecule has 154 valence electrons. The van der Waals surface area contributed by atoms with Gasteiger partial charge in [-0.15, -0.1) is 0 Å². The molecule has 0 spiro atoms. The zero-order chi connectivity index (χ0) is 22.3. The van der Waals surface area contributed by atoms with Gasteiger partial charge in [-0.1, -0.05) is 6.07 Å². The third kappa shape index (κ3) is 3.30. The highest BCUT2D eigenvalue weighted by Crippen LogP contribution is 2.43. The number of nitrogens with one attached hydrogen (secondary N) is 2. The van der Waals surface area contributed by atoms with E-state index >= 15 is 0 Å². The molecular formula is C22H13F4N5. The molecule has 0 saturated heterocycles. The number of H-pyrrole nitrogens is 1. The first-order valence-electron chi connectivity index (χ1n) is 9.06. The number of allylic oxidation sites excluding steroid dienone is 2. The Hall–Kier alpha value is -4.11. The molecule has 9 heteroatoms. The number of dihydropyridines is 1. The Morgan fingerprint density at radius 1 is 1.19 bits per heavy atom. The van der Waals surface area contributed by atoms with Gasteiger partial charge in [0.25, 0.3) is 6.43 Å². The topological polar surface area (TPSA) is 68.9 Å². The summed E-state index contributed by atoms with van der Waals surface area (Å²) in [5, 5.41) is 19.7. The van der Waals surface area contributed by atoms with Gasteiger partial charge < -0.3 is 5.32 Å². The number of fused-ring (bicyclic) bond motifs is 1. The van der Waals surface area contributed by atoms with Crippen LogP contribution in [0.5, 0.6) is 0 Å². The SMILES string of the molecule is [C-]#[N+]C1=C(c2ccc(F)cc2F)NC(C(F)F)=C(C#N)C1c1ccc2n[nH]c(C)c2c1. The van der Waals surface area contributed by atoms with Gasteiger partial charge in [-0.3, -0.25) is 5.10 Å². The Morgan fingerprint density at radius 2 is 1.97 bits per heavy atom. The Bertz CT molecular complexity index is 1350. The summed E-state index contributed by atoms with van der Waals surface area (Å²) in [6, 6.07) is 9.32. The normalized spacial score (nSPS) is 16.5. The number of alkyl halides is 2. The van der Waals surface area contributed by atoms with E-state index in [0.29, 0.717) is 22.5 Å². The van der Waals surface area contributed by atoms with Crippen LogP contribution in [-0.2, 0) is 0 Å². The van der Waals surface area contributed by atoms with Crippen molar-refractivity contribution in [2.24, 2.45) is 0 Å². The van der Waals surface area contributed by atoms with Crippen LogP contribution in [0.25, 0.3) is 21.4 Å². The molecule has 1 aliphatic rings. The van der Waals surface area contributed by atoms with Crippen molar-refractivity contribution >= 4 is 16.6 Å². The number of rotatable bonds is 3. The zero-order valence-corrected chi connectivity index (χ0v) is 16.0. The fourth-order valence-corrected chi connectivity index (χ4v) is 3.68. The van der Waals surface area contributed by atoms with Gasteiger partial charge in [-0.2, -0.15) is 10.4 Å². The van der Waals surface area contributed by atoms with E-state index in [1.54, 1.807) is 31.2 Å². The summed E-state index contributed by atoms with van der Waals surface area (Å²) in [7, 11) is 0. The third-order valence-electron chi connectivity index (χ3n) is 5.13. The highest BCUT2D eigenvalue weighted by Gasteiger charge is 2.37. The van der Waals surface area contributed by atoms with E-state index < -0.39 is 29.7 Å². The second-order valence-corrected chi connectivity index (χ2v) is 6.92. The Labute approximate surface area is 174 Å². The fourth-order valence-electron chi connectivity index (χ4n) is 3.68. The Balaban J connectivity index is 2.02. The molecule has 3 aromatic rings. The van der Waals surface area contributed by atoms with Crippen molar-refractivity contribution in [3.05, 3.63) is 93.2 Å². The molecule has 4 rings (SSSR count). The van der Waals surface area contributed by atoms with Crippen LogP contribution in [0.4, 0.5) is 17.6 Å². The number of nitrogens with zero attached hydrogens (tertiary/aromatic N) is 3. The molecule has 2 N–H and O–H groups in total. The van der Waals surface area contributed by atoms with Gasteiger partial charge in [0.15, 0.2) is 0 Å². The number of halogens is 4. The van der Waals surface area contributed by atoms with Crippen LogP contribution >= 0.6 is 0 Å². The maximum Gasteiger partial charge on any atom is 0.279 e. The maximum atomic E-state index is 14.5. The number of benzene rings is 2. The third-order valence-corrected chi connectivity index (χ3v) is 5.13. The lowest BCUT2D eigenvalue weighted by molar-refractivity contribution is 0.181. The summed E-state index contributed by atoms with van der Waals surface area (Å²) >= 11 is 0. The van der Waals surface area contributed by atoms with E-state index in [-0.39, 0.29) is 22.5 Å². The fraction of sp³-hybridized carbons (Fsp3) is 0.136. The Kier molecular flexibility index (Phi) is 4.96. The second kappa shape index (κ2) is 7.62. The molecule has 1 aromatic heterocycles. The van der Waals surface area contributed by atoms with E-state index in [0.717, 1.165) is 17.8 Å². The van der Waals surface area contributed by atoms with Crippen LogP contribution in [0.1, 0.15) is 22.7 Å². The molecule has 2 aromatic carbocycles. The van der Waals surface area contributed by atoms with Gasteiger partial charge in [0.1, 0.15) is 11.6 Å². The smallest absolute Gasteiger partial charge is 0.279 e. The van der Waals surface area contributed by atoms with E-state index in [4.69, 9.17) is 6.57 Å². The minimum absolute atomic E-state index is 0.146. The van der Waals surface area contributed by atoms with Gasteiger partial charge in [0.2, 0.25) is 5.70 Å². The highest BCUT2D eigenvalue weighted by molar-refractivity contribution is 5.83. The number of aryl methyl sites for hydroxylation is 1. The van der Waals surface area contributed by atoms with Crippen LogP contribution < -0.4 is 5.32 Å². The highest BCUT2D eigenvalue weighted by atomic mass is 19.3. The molecule has 31 heavy (non-hydrogen) atoms. The van der Waals surface area contributed by atoms with E-state index in [9.17, 15) is 22.8 Å². The summed E-state index contributed by atoms with van der Waals surface area (Å²) in [6.45, 7) is 9.45. The van der Waals surface area contributed by atoms with Gasteiger partial charge in [-0.05, 0) is 36.8 Å². The quantitative estimate of drug-likeness (QED) is 0.451. The molecule has 0 fully saturated rings. The van der Waals surface area contributed by atoms with Gasteiger partial charge in [0, 0.05) is 22.7 Å². The first kappa shape index (κ1) is 20.2. The minimum Gasteiger partial charge on any atom is -0.362 e. The van der Waals surface area contributed by atoms with Crippen molar-refractivity contribution in [2.75, 3.05) is 0 Å².